The van der Waals surface area contributed by atoms with Crippen molar-refractivity contribution in [3.8, 4) is 17.2 Å². The van der Waals surface area contributed by atoms with Crippen molar-refractivity contribution in [2.24, 2.45) is 0 Å². The van der Waals surface area contributed by atoms with Gasteiger partial charge in [0.05, 0.1) is 12.6 Å². The van der Waals surface area contributed by atoms with Crippen LogP contribution in [0.1, 0.15) is 11.7 Å². The molecule has 1 unspecified atom stereocenters. The number of nitrogens with zero attached hydrogens (tertiary/aromatic N) is 2. The maximum absolute atomic E-state index is 12.1. The molecule has 0 aliphatic carbocycles. The van der Waals surface area contributed by atoms with Crippen LogP contribution in [0.4, 0.5) is 8.78 Å². The van der Waals surface area contributed by atoms with Crippen molar-refractivity contribution in [2.45, 2.75) is 19.3 Å². The molecule has 3 rings (SSSR count). The standard InChI is InChI=1S/C17H14F2N2O4/c18-16(19)24-13-8-6-11(7-9-13)14(22)10-21-17(23)25-15(20-21)12-4-2-1-3-5-12/h1-9,14,16,22H,10H2. The zero-order valence-corrected chi connectivity index (χ0v) is 12.9. The molecule has 0 aliphatic rings. The first kappa shape index (κ1) is 16.8. The highest BCUT2D eigenvalue weighted by molar-refractivity contribution is 5.51. The van der Waals surface area contributed by atoms with Crippen molar-refractivity contribution in [1.29, 1.82) is 0 Å². The van der Waals surface area contributed by atoms with Crippen LogP contribution in [0.25, 0.3) is 11.5 Å². The zero-order valence-electron chi connectivity index (χ0n) is 12.9. The third-order valence-electron chi connectivity index (χ3n) is 3.46. The molecule has 25 heavy (non-hydrogen) atoms. The minimum absolute atomic E-state index is 0.0177. The van der Waals surface area contributed by atoms with Crippen molar-refractivity contribution in [3.05, 3.63) is 70.7 Å². The summed E-state index contributed by atoms with van der Waals surface area (Å²) in [5.74, 6) is -0.565. The van der Waals surface area contributed by atoms with E-state index in [1.807, 2.05) is 6.07 Å². The van der Waals surface area contributed by atoms with Crippen LogP contribution in [-0.2, 0) is 6.54 Å². The molecular weight excluding hydrogens is 334 g/mol. The van der Waals surface area contributed by atoms with Gasteiger partial charge in [-0.05, 0) is 29.8 Å². The largest absolute Gasteiger partial charge is 0.437 e. The molecule has 0 bridgehead atoms. The molecule has 6 nitrogen and oxygen atoms in total. The molecule has 0 radical (unpaired) electrons. The Labute approximate surface area is 140 Å². The fraction of sp³-hybridized carbons (Fsp3) is 0.176. The molecular formula is C17H14F2N2O4. The number of aliphatic hydroxyl groups excluding tert-OH is 1. The summed E-state index contributed by atoms with van der Waals surface area (Å²) in [5, 5.41) is 14.3. The van der Waals surface area contributed by atoms with Crippen LogP contribution in [0.2, 0.25) is 0 Å². The Bertz CT molecular complexity index is 876. The minimum Gasteiger partial charge on any atom is -0.435 e. The van der Waals surface area contributed by atoms with Crippen molar-refractivity contribution in [3.63, 3.8) is 0 Å². The summed E-state index contributed by atoms with van der Waals surface area (Å²) in [6.07, 6.45) is -1.06. The van der Waals surface area contributed by atoms with Gasteiger partial charge in [0.1, 0.15) is 5.75 Å². The highest BCUT2D eigenvalue weighted by atomic mass is 19.3. The second-order valence-electron chi connectivity index (χ2n) is 5.18. The maximum Gasteiger partial charge on any atom is 0.437 e. The van der Waals surface area contributed by atoms with Gasteiger partial charge in [0, 0.05) is 5.56 Å². The predicted molar refractivity (Wildman–Crippen MR) is 84.2 cm³/mol. The second-order valence-corrected chi connectivity index (χ2v) is 5.18. The van der Waals surface area contributed by atoms with E-state index in [-0.39, 0.29) is 18.2 Å². The van der Waals surface area contributed by atoms with Gasteiger partial charge < -0.3 is 14.3 Å². The lowest BCUT2D eigenvalue weighted by Crippen LogP contribution is -2.20. The normalized spacial score (nSPS) is 12.3. The van der Waals surface area contributed by atoms with E-state index >= 15 is 0 Å². The van der Waals surface area contributed by atoms with Gasteiger partial charge in [-0.3, -0.25) is 0 Å². The zero-order chi connectivity index (χ0) is 17.8. The molecule has 0 fully saturated rings. The lowest BCUT2D eigenvalue weighted by Gasteiger charge is -2.11. The van der Waals surface area contributed by atoms with Gasteiger partial charge in [0.25, 0.3) is 0 Å². The molecule has 3 aromatic rings. The lowest BCUT2D eigenvalue weighted by atomic mass is 10.1. The number of benzene rings is 2. The van der Waals surface area contributed by atoms with Gasteiger partial charge in [0.2, 0.25) is 5.89 Å². The molecule has 0 saturated heterocycles. The number of rotatable bonds is 6. The first-order valence-electron chi connectivity index (χ1n) is 7.39. The van der Waals surface area contributed by atoms with E-state index in [4.69, 9.17) is 4.42 Å². The quantitative estimate of drug-likeness (QED) is 0.741. The van der Waals surface area contributed by atoms with E-state index < -0.39 is 18.5 Å². The van der Waals surface area contributed by atoms with Crippen LogP contribution >= 0.6 is 0 Å². The van der Waals surface area contributed by atoms with Crippen molar-refractivity contribution >= 4 is 0 Å². The molecule has 1 N–H and O–H groups in total. The van der Waals surface area contributed by atoms with Crippen LogP contribution in [0.5, 0.6) is 5.75 Å². The average Bonchev–Trinajstić information content (AvgIpc) is 2.96. The molecule has 0 aliphatic heterocycles. The number of alkyl halides is 2. The predicted octanol–water partition coefficient (Wildman–Crippen LogP) is 2.84. The summed E-state index contributed by atoms with van der Waals surface area (Å²) in [6.45, 7) is -3.05. The highest BCUT2D eigenvalue weighted by Gasteiger charge is 2.15. The monoisotopic (exact) mass is 348 g/mol. The Morgan fingerprint density at radius 1 is 1.12 bits per heavy atom. The van der Waals surface area contributed by atoms with Gasteiger partial charge in [-0.25, -0.2) is 4.79 Å². The summed E-state index contributed by atoms with van der Waals surface area (Å²) < 4.78 is 34.6. The van der Waals surface area contributed by atoms with Crippen molar-refractivity contribution < 1.29 is 23.0 Å². The number of halogens is 2. The molecule has 130 valence electrons. The van der Waals surface area contributed by atoms with Crippen LogP contribution in [0.15, 0.2) is 63.8 Å². The maximum atomic E-state index is 12.1. The van der Waals surface area contributed by atoms with Gasteiger partial charge in [-0.1, -0.05) is 30.3 Å². The summed E-state index contributed by atoms with van der Waals surface area (Å²) in [4.78, 5) is 11.9. The molecule has 2 aromatic carbocycles. The van der Waals surface area contributed by atoms with E-state index in [0.717, 1.165) is 4.68 Å². The Balaban J connectivity index is 1.74. The van der Waals surface area contributed by atoms with Crippen LogP contribution < -0.4 is 10.5 Å². The molecule has 8 heteroatoms. The minimum atomic E-state index is -2.92. The highest BCUT2D eigenvalue weighted by Crippen LogP contribution is 2.21. The number of aliphatic hydroxyl groups is 1. The average molecular weight is 348 g/mol. The molecule has 1 atom stereocenters. The number of hydrogen-bond donors (Lipinski definition) is 1. The fourth-order valence-electron chi connectivity index (χ4n) is 2.26. The smallest absolute Gasteiger partial charge is 0.435 e. The summed E-state index contributed by atoms with van der Waals surface area (Å²) in [7, 11) is 0. The topological polar surface area (TPSA) is 77.5 Å². The fourth-order valence-corrected chi connectivity index (χ4v) is 2.26. The van der Waals surface area contributed by atoms with Gasteiger partial charge in [0.15, 0.2) is 0 Å². The number of hydrogen-bond acceptors (Lipinski definition) is 5. The molecule has 0 amide bonds. The Morgan fingerprint density at radius 3 is 2.44 bits per heavy atom. The van der Waals surface area contributed by atoms with Gasteiger partial charge >= 0.3 is 12.4 Å². The Kier molecular flexibility index (Phi) is 4.90. The van der Waals surface area contributed by atoms with Crippen LogP contribution in [0.3, 0.4) is 0 Å². The summed E-state index contributed by atoms with van der Waals surface area (Å²) >= 11 is 0. The van der Waals surface area contributed by atoms with Crippen molar-refractivity contribution in [2.75, 3.05) is 0 Å². The second kappa shape index (κ2) is 7.27. The van der Waals surface area contributed by atoms with Gasteiger partial charge in [-0.2, -0.15) is 13.5 Å². The third-order valence-corrected chi connectivity index (χ3v) is 3.46. The number of aromatic nitrogens is 2. The van der Waals surface area contributed by atoms with E-state index in [1.54, 1.807) is 24.3 Å². The van der Waals surface area contributed by atoms with Gasteiger partial charge in [-0.15, -0.1) is 5.10 Å². The summed E-state index contributed by atoms with van der Waals surface area (Å²) in [5.41, 5.74) is 1.07. The third kappa shape index (κ3) is 4.10. The van der Waals surface area contributed by atoms with Crippen LogP contribution in [-0.4, -0.2) is 21.5 Å². The SMILES string of the molecule is O=c1oc(-c2ccccc2)nn1CC(O)c1ccc(OC(F)F)cc1. The van der Waals surface area contributed by atoms with E-state index in [1.165, 1.54) is 24.3 Å². The number of ether oxygens (including phenoxy) is 1. The first-order chi connectivity index (χ1) is 12.0. The lowest BCUT2D eigenvalue weighted by molar-refractivity contribution is -0.0498. The van der Waals surface area contributed by atoms with Crippen molar-refractivity contribution in [1.82, 2.24) is 9.78 Å². The molecule has 1 heterocycles. The first-order valence-corrected chi connectivity index (χ1v) is 7.39. The van der Waals surface area contributed by atoms with E-state index in [9.17, 15) is 18.7 Å². The van der Waals surface area contributed by atoms with E-state index in [0.29, 0.717) is 11.1 Å². The molecule has 0 saturated carbocycles. The van der Waals surface area contributed by atoms with Crippen LogP contribution in [0, 0.1) is 0 Å². The molecule has 0 spiro atoms. The molecule has 1 aromatic heterocycles. The Hall–Kier alpha value is -3.00. The van der Waals surface area contributed by atoms with E-state index in [2.05, 4.69) is 9.84 Å². The Morgan fingerprint density at radius 2 is 1.80 bits per heavy atom. The summed E-state index contributed by atoms with van der Waals surface area (Å²) in [6, 6.07) is 14.4.